The number of methoxy groups -OCH3 is 1. The number of hydrogen-bond acceptors (Lipinski definition) is 8. The monoisotopic (exact) mass is 462 g/mol. The normalized spacial score (nSPS) is 18.6. The van der Waals surface area contributed by atoms with Crippen LogP contribution in [0.3, 0.4) is 0 Å². The van der Waals surface area contributed by atoms with Crippen LogP contribution in [0.4, 0.5) is 11.4 Å². The van der Waals surface area contributed by atoms with Gasteiger partial charge in [0.2, 0.25) is 0 Å². The van der Waals surface area contributed by atoms with Crippen LogP contribution in [0.5, 0.6) is 6.01 Å². The van der Waals surface area contributed by atoms with Gasteiger partial charge in [0.1, 0.15) is 0 Å². The second-order valence-electron chi connectivity index (χ2n) is 8.49. The fraction of sp³-hybridized carbons (Fsp3) is 0.333. The lowest BCUT2D eigenvalue weighted by Gasteiger charge is -2.38. The number of nitrogens with one attached hydrogen (secondary N) is 2. The van der Waals surface area contributed by atoms with Gasteiger partial charge in [-0.25, -0.2) is 9.97 Å². The number of fused-ring (bicyclic) bond motifs is 2. The molecule has 5 rings (SSSR count). The summed E-state index contributed by atoms with van der Waals surface area (Å²) in [4.78, 5) is 29.0. The zero-order chi connectivity index (χ0) is 23.1. The van der Waals surface area contributed by atoms with Crippen molar-refractivity contribution >= 4 is 49.7 Å². The number of carbonyl (C=O) groups is 1. The third kappa shape index (κ3) is 4.21. The average molecular weight is 463 g/mol. The molecule has 3 heterocycles. The molecule has 170 valence electrons. The number of thiazole rings is 1. The van der Waals surface area contributed by atoms with Crippen molar-refractivity contribution in [2.24, 2.45) is 0 Å². The minimum Gasteiger partial charge on any atom is -0.467 e. The zero-order valence-corrected chi connectivity index (χ0v) is 19.9. The molecule has 2 aromatic heterocycles. The van der Waals surface area contributed by atoms with Gasteiger partial charge in [0.15, 0.2) is 0 Å². The third-order valence-electron chi connectivity index (χ3n) is 5.78. The molecular formula is C24H26N6O2S. The van der Waals surface area contributed by atoms with Crippen molar-refractivity contribution in [1.82, 2.24) is 20.3 Å². The number of rotatable bonds is 4. The van der Waals surface area contributed by atoms with Crippen LogP contribution in [0.15, 0.2) is 36.5 Å². The lowest BCUT2D eigenvalue weighted by Crippen LogP contribution is -2.54. The maximum Gasteiger partial charge on any atom is 0.316 e. The van der Waals surface area contributed by atoms with E-state index in [0.29, 0.717) is 28.9 Å². The first-order valence-corrected chi connectivity index (χ1v) is 11.8. The maximum absolute atomic E-state index is 13.3. The Morgan fingerprint density at radius 2 is 1.97 bits per heavy atom. The summed E-state index contributed by atoms with van der Waals surface area (Å²) in [5.41, 5.74) is 3.63. The number of anilines is 2. The van der Waals surface area contributed by atoms with Crippen molar-refractivity contribution in [2.45, 2.75) is 32.9 Å². The molecule has 2 aromatic carbocycles. The molecule has 0 radical (unpaired) electrons. The molecule has 2 atom stereocenters. The number of amides is 1. The van der Waals surface area contributed by atoms with Crippen molar-refractivity contribution in [2.75, 3.05) is 30.4 Å². The van der Waals surface area contributed by atoms with Crippen LogP contribution in [0.25, 0.3) is 21.1 Å². The van der Waals surface area contributed by atoms with Crippen molar-refractivity contribution in [3.63, 3.8) is 0 Å². The van der Waals surface area contributed by atoms with E-state index < -0.39 is 0 Å². The number of aromatic nitrogens is 3. The van der Waals surface area contributed by atoms with Gasteiger partial charge in [-0.15, -0.1) is 11.3 Å². The highest BCUT2D eigenvalue weighted by molar-refractivity contribution is 7.18. The molecule has 0 saturated carbocycles. The van der Waals surface area contributed by atoms with Gasteiger partial charge in [0.05, 0.1) is 33.4 Å². The fourth-order valence-corrected chi connectivity index (χ4v) is 5.30. The summed E-state index contributed by atoms with van der Waals surface area (Å²) < 4.78 is 6.36. The predicted octanol–water partition coefficient (Wildman–Crippen LogP) is 4.00. The Bertz CT molecular complexity index is 1340. The van der Waals surface area contributed by atoms with Crippen LogP contribution < -0.4 is 20.3 Å². The summed E-state index contributed by atoms with van der Waals surface area (Å²) in [5.74, 6) is -0.236. The quantitative estimate of drug-likeness (QED) is 0.474. The number of carbonyl (C=O) groups excluding carboxylic acids is 1. The van der Waals surface area contributed by atoms with Gasteiger partial charge in [0.25, 0.3) is 5.91 Å². The Balaban J connectivity index is 1.53. The Morgan fingerprint density at radius 3 is 2.73 bits per heavy atom. The van der Waals surface area contributed by atoms with E-state index in [4.69, 9.17) is 4.74 Å². The van der Waals surface area contributed by atoms with Crippen molar-refractivity contribution < 1.29 is 9.53 Å². The smallest absolute Gasteiger partial charge is 0.316 e. The van der Waals surface area contributed by atoms with E-state index in [1.165, 1.54) is 7.11 Å². The molecule has 1 saturated heterocycles. The van der Waals surface area contributed by atoms with E-state index in [0.717, 1.165) is 39.4 Å². The molecule has 2 unspecified atom stereocenters. The van der Waals surface area contributed by atoms with Crippen LogP contribution in [0, 0.1) is 6.92 Å². The fourth-order valence-electron chi connectivity index (χ4n) is 4.49. The van der Waals surface area contributed by atoms with Crippen LogP contribution in [0.2, 0.25) is 0 Å². The van der Waals surface area contributed by atoms with E-state index in [2.05, 4.69) is 44.3 Å². The second-order valence-corrected chi connectivity index (χ2v) is 9.73. The molecule has 0 bridgehead atoms. The topological polar surface area (TPSA) is 92.3 Å². The summed E-state index contributed by atoms with van der Waals surface area (Å²) in [6.45, 7) is 8.05. The van der Waals surface area contributed by atoms with E-state index in [1.54, 1.807) is 17.5 Å². The largest absolute Gasteiger partial charge is 0.467 e. The summed E-state index contributed by atoms with van der Waals surface area (Å²) in [6, 6.07) is 10.5. The van der Waals surface area contributed by atoms with Gasteiger partial charge in [-0.1, -0.05) is 0 Å². The highest BCUT2D eigenvalue weighted by atomic mass is 32.1. The minimum absolute atomic E-state index is 0.232. The second kappa shape index (κ2) is 8.57. The van der Waals surface area contributed by atoms with Gasteiger partial charge in [-0.05, 0) is 51.1 Å². The molecule has 1 aliphatic heterocycles. The van der Waals surface area contributed by atoms with Crippen molar-refractivity contribution in [3.05, 3.63) is 47.1 Å². The van der Waals surface area contributed by atoms with Crippen molar-refractivity contribution in [1.29, 1.82) is 0 Å². The molecule has 1 amide bonds. The maximum atomic E-state index is 13.3. The van der Waals surface area contributed by atoms with Gasteiger partial charge in [0, 0.05) is 48.1 Å². The number of nitrogens with zero attached hydrogens (tertiary/aromatic N) is 4. The SMILES string of the molecule is COc1ncc2c(N3CC(C)NC(C)C3)ccc(C(=O)Nc3ccc4sc(C)nc4c3)c2n1. The molecule has 4 aromatic rings. The molecule has 0 spiro atoms. The molecule has 9 heteroatoms. The van der Waals surface area contributed by atoms with Crippen LogP contribution in [-0.4, -0.2) is 53.1 Å². The standard InChI is InChI=1S/C24H26N6O2S/c1-13-11-30(12-14(2)26-13)20-7-6-17(22-18(20)10-25-24(29-22)32-4)23(31)28-16-5-8-21-19(9-16)27-15(3)33-21/h5-10,13-14,26H,11-12H2,1-4H3,(H,28,31). The number of ether oxygens (including phenoxy) is 1. The summed E-state index contributed by atoms with van der Waals surface area (Å²) in [5, 5.41) is 8.38. The molecule has 1 fully saturated rings. The Kier molecular flexibility index (Phi) is 5.59. The summed E-state index contributed by atoms with van der Waals surface area (Å²) in [6.07, 6.45) is 1.74. The first-order valence-electron chi connectivity index (χ1n) is 10.9. The number of piperazine rings is 1. The highest BCUT2D eigenvalue weighted by Crippen LogP contribution is 2.31. The van der Waals surface area contributed by atoms with Gasteiger partial charge in [-0.3, -0.25) is 4.79 Å². The van der Waals surface area contributed by atoms with E-state index in [9.17, 15) is 4.79 Å². The number of benzene rings is 2. The van der Waals surface area contributed by atoms with E-state index in [1.807, 2.05) is 37.3 Å². The Labute approximate surface area is 196 Å². The van der Waals surface area contributed by atoms with E-state index in [-0.39, 0.29) is 11.9 Å². The zero-order valence-electron chi connectivity index (χ0n) is 19.0. The average Bonchev–Trinajstić information content (AvgIpc) is 3.16. The van der Waals surface area contributed by atoms with Crippen LogP contribution in [-0.2, 0) is 0 Å². The van der Waals surface area contributed by atoms with Gasteiger partial charge in [-0.2, -0.15) is 4.98 Å². The Hall–Kier alpha value is -3.30. The van der Waals surface area contributed by atoms with E-state index >= 15 is 0 Å². The highest BCUT2D eigenvalue weighted by Gasteiger charge is 2.24. The number of hydrogen-bond donors (Lipinski definition) is 2. The van der Waals surface area contributed by atoms with Gasteiger partial charge < -0.3 is 20.3 Å². The third-order valence-corrected chi connectivity index (χ3v) is 6.74. The minimum atomic E-state index is -0.236. The molecule has 0 aliphatic carbocycles. The lowest BCUT2D eigenvalue weighted by molar-refractivity contribution is 0.102. The molecule has 2 N–H and O–H groups in total. The van der Waals surface area contributed by atoms with Gasteiger partial charge >= 0.3 is 6.01 Å². The van der Waals surface area contributed by atoms with Crippen LogP contribution in [0.1, 0.15) is 29.2 Å². The summed E-state index contributed by atoms with van der Waals surface area (Å²) >= 11 is 1.63. The number of aryl methyl sites for hydroxylation is 1. The molecule has 33 heavy (non-hydrogen) atoms. The van der Waals surface area contributed by atoms with Crippen molar-refractivity contribution in [3.8, 4) is 6.01 Å². The van der Waals surface area contributed by atoms with Crippen LogP contribution >= 0.6 is 11.3 Å². The predicted molar refractivity (Wildman–Crippen MR) is 133 cm³/mol. The Morgan fingerprint density at radius 1 is 1.18 bits per heavy atom. The molecule has 1 aliphatic rings. The lowest BCUT2D eigenvalue weighted by atomic mass is 10.0. The first-order chi connectivity index (χ1) is 15.9. The summed E-state index contributed by atoms with van der Waals surface area (Å²) in [7, 11) is 1.52. The molecular weight excluding hydrogens is 436 g/mol. The first kappa shape index (κ1) is 21.5. The molecule has 8 nitrogen and oxygen atoms in total.